The van der Waals surface area contributed by atoms with Gasteiger partial charge < -0.3 is 0 Å². The number of rotatable bonds is 7. The first kappa shape index (κ1) is 18.4. The van der Waals surface area contributed by atoms with Crippen molar-refractivity contribution in [3.8, 4) is 0 Å². The first-order valence-electron chi connectivity index (χ1n) is 7.35. The van der Waals surface area contributed by atoms with Crippen LogP contribution in [0.1, 0.15) is 11.1 Å². The van der Waals surface area contributed by atoms with E-state index in [4.69, 9.17) is 0 Å². The summed E-state index contributed by atoms with van der Waals surface area (Å²) in [6, 6.07) is 15.8. The largest absolute Gasteiger partial charge is 0.280 e. The zero-order valence-electron chi connectivity index (χ0n) is 13.5. The highest BCUT2D eigenvalue weighted by Gasteiger charge is 2.05. The first-order valence-corrected chi connectivity index (χ1v) is 8.90. The molecule has 7 heteroatoms. The van der Waals surface area contributed by atoms with Gasteiger partial charge in [-0.3, -0.25) is 14.4 Å². The van der Waals surface area contributed by atoms with E-state index in [1.54, 1.807) is 30.3 Å². The molecule has 0 heterocycles. The van der Waals surface area contributed by atoms with Crippen LogP contribution < -0.4 is 10.2 Å². The van der Waals surface area contributed by atoms with Crippen LogP contribution in [0.25, 0.3) is 12.2 Å². The fraction of sp³-hybridized carbons (Fsp3) is 0.0556. The zero-order chi connectivity index (χ0) is 18.1. The Morgan fingerprint density at radius 2 is 1.72 bits per heavy atom. The molecule has 0 aromatic heterocycles. The van der Waals surface area contributed by atoms with Gasteiger partial charge in [0.2, 0.25) is 0 Å². The van der Waals surface area contributed by atoms with E-state index in [1.165, 1.54) is 19.3 Å². The molecule has 0 spiro atoms. The summed E-state index contributed by atoms with van der Waals surface area (Å²) in [5.74, 6) is -0.417. The lowest BCUT2D eigenvalue weighted by molar-refractivity contribution is -0.126. The van der Waals surface area contributed by atoms with Gasteiger partial charge in [0, 0.05) is 11.8 Å². The van der Waals surface area contributed by atoms with Crippen molar-refractivity contribution < 1.29 is 18.0 Å². The molecule has 0 aliphatic rings. The Kier molecular flexibility index (Phi) is 6.50. The average molecular weight is 358 g/mol. The predicted octanol–water partition coefficient (Wildman–Crippen LogP) is 2.79. The van der Waals surface area contributed by atoms with Gasteiger partial charge in [0.25, 0.3) is 15.9 Å². The zero-order valence-corrected chi connectivity index (χ0v) is 14.4. The van der Waals surface area contributed by atoms with Crippen molar-refractivity contribution in [3.05, 3.63) is 77.2 Å². The lowest BCUT2D eigenvalue weighted by Crippen LogP contribution is -2.18. The van der Waals surface area contributed by atoms with Gasteiger partial charge in [0.1, 0.15) is 0 Å². The van der Waals surface area contributed by atoms with Crippen LogP contribution in [0.15, 0.2) is 66.1 Å². The van der Waals surface area contributed by atoms with E-state index in [9.17, 15) is 13.2 Å². The number of benzene rings is 2. The average Bonchev–Trinajstić information content (AvgIpc) is 2.59. The second-order valence-electron chi connectivity index (χ2n) is 4.99. The lowest BCUT2D eigenvalue weighted by atomic mass is 10.2. The fourth-order valence-corrected chi connectivity index (χ4v) is 2.80. The number of carbonyl (C=O) groups excluding carboxylic acids is 1. The number of anilines is 1. The van der Waals surface area contributed by atoms with E-state index >= 15 is 0 Å². The molecule has 0 radical (unpaired) electrons. The smallest absolute Gasteiger partial charge is 0.267 e. The highest BCUT2D eigenvalue weighted by Crippen LogP contribution is 2.14. The van der Waals surface area contributed by atoms with Crippen LogP contribution in [0.5, 0.6) is 0 Å². The van der Waals surface area contributed by atoms with Gasteiger partial charge in [0.15, 0.2) is 0 Å². The maximum absolute atomic E-state index is 12.1. The minimum atomic E-state index is -3.64. The quantitative estimate of drug-likeness (QED) is 0.589. The molecule has 25 heavy (non-hydrogen) atoms. The maximum atomic E-state index is 12.1. The summed E-state index contributed by atoms with van der Waals surface area (Å²) >= 11 is 0. The summed E-state index contributed by atoms with van der Waals surface area (Å²) in [6.45, 7) is 0. The Morgan fingerprint density at radius 1 is 1.00 bits per heavy atom. The SMILES string of the molecule is CONC(=O)/C=C/c1cccc(NS(=O)(=O)/C=C/c2ccccc2)c1. The molecule has 2 rings (SSSR count). The van der Waals surface area contributed by atoms with E-state index < -0.39 is 15.9 Å². The van der Waals surface area contributed by atoms with Gasteiger partial charge in [-0.25, -0.2) is 13.9 Å². The summed E-state index contributed by atoms with van der Waals surface area (Å²) in [4.78, 5) is 15.8. The van der Waals surface area contributed by atoms with Gasteiger partial charge in [-0.15, -0.1) is 0 Å². The molecule has 0 fully saturated rings. The van der Waals surface area contributed by atoms with Crippen LogP contribution in [0.2, 0.25) is 0 Å². The normalized spacial score (nSPS) is 11.7. The van der Waals surface area contributed by atoms with Gasteiger partial charge >= 0.3 is 0 Å². The maximum Gasteiger partial charge on any atom is 0.267 e. The molecular weight excluding hydrogens is 340 g/mol. The number of nitrogens with one attached hydrogen (secondary N) is 2. The molecule has 2 aromatic carbocycles. The monoisotopic (exact) mass is 358 g/mol. The van der Waals surface area contributed by atoms with Crippen molar-refractivity contribution in [3.63, 3.8) is 0 Å². The van der Waals surface area contributed by atoms with Crippen molar-refractivity contribution in [2.24, 2.45) is 0 Å². The first-order chi connectivity index (χ1) is 12.0. The third-order valence-electron chi connectivity index (χ3n) is 3.02. The summed E-state index contributed by atoms with van der Waals surface area (Å²) < 4.78 is 26.7. The van der Waals surface area contributed by atoms with Gasteiger partial charge in [-0.2, -0.15) is 0 Å². The topological polar surface area (TPSA) is 84.5 Å². The van der Waals surface area contributed by atoms with Gasteiger partial charge in [0.05, 0.1) is 12.5 Å². The number of carbonyl (C=O) groups is 1. The highest BCUT2D eigenvalue weighted by molar-refractivity contribution is 7.95. The minimum Gasteiger partial charge on any atom is -0.280 e. The second-order valence-corrected chi connectivity index (χ2v) is 6.56. The van der Waals surface area contributed by atoms with E-state index in [-0.39, 0.29) is 0 Å². The number of sulfonamides is 1. The Bertz CT molecular complexity index is 875. The predicted molar refractivity (Wildman–Crippen MR) is 98.6 cm³/mol. The molecule has 0 atom stereocenters. The van der Waals surface area contributed by atoms with E-state index in [0.29, 0.717) is 11.3 Å². The molecule has 2 aromatic rings. The molecule has 6 nitrogen and oxygen atoms in total. The molecule has 0 aliphatic carbocycles. The molecule has 0 saturated carbocycles. The fourth-order valence-electron chi connectivity index (χ4n) is 1.94. The third kappa shape index (κ3) is 6.62. The molecule has 130 valence electrons. The summed E-state index contributed by atoms with van der Waals surface area (Å²) in [7, 11) is -2.31. The van der Waals surface area contributed by atoms with Gasteiger partial charge in [-0.1, -0.05) is 42.5 Å². The number of amides is 1. The Balaban J connectivity index is 2.08. The molecule has 0 aliphatic heterocycles. The molecular formula is C18H18N2O4S. The molecule has 0 bridgehead atoms. The van der Waals surface area contributed by atoms with Crippen molar-refractivity contribution in [1.29, 1.82) is 0 Å². The number of hydrogen-bond acceptors (Lipinski definition) is 4. The standard InChI is InChI=1S/C18H18N2O4S/c1-24-19-18(21)11-10-16-8-5-9-17(14-16)20-25(22,23)13-12-15-6-3-2-4-7-15/h2-14,20H,1H3,(H,19,21)/b11-10+,13-12+. The van der Waals surface area contributed by atoms with E-state index in [2.05, 4.69) is 15.0 Å². The van der Waals surface area contributed by atoms with Crippen molar-refractivity contribution >= 4 is 33.8 Å². The van der Waals surface area contributed by atoms with Crippen molar-refractivity contribution in [1.82, 2.24) is 5.48 Å². The molecule has 0 saturated heterocycles. The van der Waals surface area contributed by atoms with Crippen molar-refractivity contribution in [2.75, 3.05) is 11.8 Å². The summed E-state index contributed by atoms with van der Waals surface area (Å²) in [6.07, 6.45) is 4.35. The Labute approximate surface area is 146 Å². The van der Waals surface area contributed by atoms with E-state index in [1.807, 2.05) is 30.3 Å². The van der Waals surface area contributed by atoms with Crippen LogP contribution in [0, 0.1) is 0 Å². The summed E-state index contributed by atoms with van der Waals surface area (Å²) in [5.41, 5.74) is 4.00. The van der Waals surface area contributed by atoms with Crippen LogP contribution in [0.3, 0.4) is 0 Å². The second kappa shape index (κ2) is 8.81. The Hall–Kier alpha value is -2.90. The van der Waals surface area contributed by atoms with Crippen LogP contribution in [0.4, 0.5) is 5.69 Å². The van der Waals surface area contributed by atoms with E-state index in [0.717, 1.165) is 11.0 Å². The highest BCUT2D eigenvalue weighted by atomic mass is 32.2. The minimum absolute atomic E-state index is 0.395. The van der Waals surface area contributed by atoms with Crippen LogP contribution in [-0.4, -0.2) is 21.4 Å². The van der Waals surface area contributed by atoms with Crippen LogP contribution in [-0.2, 0) is 19.7 Å². The molecule has 2 N–H and O–H groups in total. The lowest BCUT2D eigenvalue weighted by Gasteiger charge is -2.05. The molecule has 1 amide bonds. The third-order valence-corrected chi connectivity index (χ3v) is 4.03. The van der Waals surface area contributed by atoms with Gasteiger partial charge in [-0.05, 0) is 35.4 Å². The molecule has 0 unspecified atom stereocenters. The van der Waals surface area contributed by atoms with Crippen molar-refractivity contribution in [2.45, 2.75) is 0 Å². The number of hydroxylamine groups is 1. The number of hydrogen-bond donors (Lipinski definition) is 2. The van der Waals surface area contributed by atoms with Crippen LogP contribution >= 0.6 is 0 Å². The Morgan fingerprint density at radius 3 is 2.44 bits per heavy atom. The summed E-state index contributed by atoms with van der Waals surface area (Å²) in [5, 5.41) is 1.11.